The number of hydrogen-bond donors (Lipinski definition) is 1. The van der Waals surface area contributed by atoms with Crippen LogP contribution in [0.2, 0.25) is 0 Å². The Labute approximate surface area is 96.5 Å². The first-order valence-corrected chi connectivity index (χ1v) is 5.40. The first-order chi connectivity index (χ1) is 7.15. The molecular weight excluding hydrogens is 256 g/mol. The molecule has 1 N–H and O–H groups in total. The molecular formula is C11H11BrN2O. The Morgan fingerprint density at radius 3 is 2.53 bits per heavy atom. The number of aromatic nitrogens is 2. The first kappa shape index (κ1) is 10.2. The van der Waals surface area contributed by atoms with Crippen molar-refractivity contribution in [2.24, 2.45) is 7.05 Å². The summed E-state index contributed by atoms with van der Waals surface area (Å²) in [5.41, 5.74) is 1.17. The highest BCUT2D eigenvalue weighted by atomic mass is 79.9. The zero-order chi connectivity index (χ0) is 10.8. The summed E-state index contributed by atoms with van der Waals surface area (Å²) in [6.45, 7) is 0. The third-order valence-corrected chi connectivity index (χ3v) is 2.76. The number of benzene rings is 1. The standard InChI is InChI=1S/C11H11BrN2O/c1-14-7-11(15)13-10(14)6-8-2-4-9(12)5-3-8/h2-5,7,15H,6H2,1H3. The quantitative estimate of drug-likeness (QED) is 0.907. The van der Waals surface area contributed by atoms with Crippen LogP contribution in [0.1, 0.15) is 11.4 Å². The molecule has 0 spiro atoms. The average molecular weight is 267 g/mol. The van der Waals surface area contributed by atoms with Crippen molar-refractivity contribution < 1.29 is 5.11 Å². The molecule has 1 heterocycles. The molecule has 0 saturated carbocycles. The first-order valence-electron chi connectivity index (χ1n) is 4.61. The molecule has 78 valence electrons. The van der Waals surface area contributed by atoms with Gasteiger partial charge in [0.15, 0.2) is 0 Å². The van der Waals surface area contributed by atoms with Gasteiger partial charge in [0.1, 0.15) is 5.82 Å². The number of imidazole rings is 1. The van der Waals surface area contributed by atoms with Gasteiger partial charge in [-0.1, -0.05) is 28.1 Å². The Hall–Kier alpha value is -1.29. The Morgan fingerprint density at radius 1 is 1.33 bits per heavy atom. The number of rotatable bonds is 2. The molecule has 2 aromatic rings. The predicted octanol–water partition coefficient (Wildman–Crippen LogP) is 2.48. The zero-order valence-electron chi connectivity index (χ0n) is 8.31. The van der Waals surface area contributed by atoms with E-state index < -0.39 is 0 Å². The lowest BCUT2D eigenvalue weighted by molar-refractivity contribution is 0.455. The molecule has 0 aliphatic carbocycles. The van der Waals surface area contributed by atoms with E-state index in [-0.39, 0.29) is 5.88 Å². The molecule has 4 heteroatoms. The summed E-state index contributed by atoms with van der Waals surface area (Å²) < 4.78 is 2.89. The summed E-state index contributed by atoms with van der Waals surface area (Å²) in [6, 6.07) is 8.07. The van der Waals surface area contributed by atoms with E-state index >= 15 is 0 Å². The van der Waals surface area contributed by atoms with Crippen molar-refractivity contribution in [1.29, 1.82) is 0 Å². The maximum absolute atomic E-state index is 9.22. The van der Waals surface area contributed by atoms with Crippen molar-refractivity contribution in [1.82, 2.24) is 9.55 Å². The summed E-state index contributed by atoms with van der Waals surface area (Å²) in [7, 11) is 1.88. The van der Waals surface area contributed by atoms with Crippen LogP contribution < -0.4 is 0 Å². The van der Waals surface area contributed by atoms with E-state index in [4.69, 9.17) is 0 Å². The summed E-state index contributed by atoms with van der Waals surface area (Å²) >= 11 is 3.39. The van der Waals surface area contributed by atoms with Gasteiger partial charge in [-0.3, -0.25) is 0 Å². The molecule has 0 aliphatic rings. The molecule has 0 radical (unpaired) electrons. The number of aromatic hydroxyl groups is 1. The number of nitrogens with zero attached hydrogens (tertiary/aromatic N) is 2. The molecule has 0 unspecified atom stereocenters. The Balaban J connectivity index is 2.21. The molecule has 0 atom stereocenters. The lowest BCUT2D eigenvalue weighted by Gasteiger charge is -2.01. The third-order valence-electron chi connectivity index (χ3n) is 2.24. The van der Waals surface area contributed by atoms with Gasteiger partial charge in [0.25, 0.3) is 0 Å². The smallest absolute Gasteiger partial charge is 0.229 e. The summed E-state index contributed by atoms with van der Waals surface area (Å²) in [6.07, 6.45) is 2.33. The highest BCUT2D eigenvalue weighted by Gasteiger charge is 2.04. The van der Waals surface area contributed by atoms with Crippen LogP contribution >= 0.6 is 15.9 Å². The third kappa shape index (κ3) is 2.39. The van der Waals surface area contributed by atoms with Crippen molar-refractivity contribution in [3.8, 4) is 5.88 Å². The molecule has 0 aliphatic heterocycles. The number of halogens is 1. The van der Waals surface area contributed by atoms with Gasteiger partial charge in [-0.15, -0.1) is 0 Å². The van der Waals surface area contributed by atoms with Crippen LogP contribution in [0.25, 0.3) is 0 Å². The van der Waals surface area contributed by atoms with Crippen LogP contribution in [0.4, 0.5) is 0 Å². The topological polar surface area (TPSA) is 38.0 Å². The van der Waals surface area contributed by atoms with Crippen LogP contribution in [0.3, 0.4) is 0 Å². The van der Waals surface area contributed by atoms with Gasteiger partial charge in [-0.05, 0) is 17.7 Å². The Morgan fingerprint density at radius 2 is 2.00 bits per heavy atom. The maximum Gasteiger partial charge on any atom is 0.229 e. The summed E-state index contributed by atoms with van der Waals surface area (Å²) in [5, 5.41) is 9.22. The lowest BCUT2D eigenvalue weighted by atomic mass is 10.1. The van der Waals surface area contributed by atoms with Crippen LogP contribution in [0, 0.1) is 0 Å². The van der Waals surface area contributed by atoms with Gasteiger partial charge < -0.3 is 9.67 Å². The molecule has 0 bridgehead atoms. The van der Waals surface area contributed by atoms with E-state index in [1.807, 2.05) is 35.9 Å². The second kappa shape index (κ2) is 4.06. The van der Waals surface area contributed by atoms with Gasteiger partial charge in [0.05, 0.1) is 6.20 Å². The molecule has 0 saturated heterocycles. The number of aryl methyl sites for hydroxylation is 1. The fourth-order valence-corrected chi connectivity index (χ4v) is 1.70. The van der Waals surface area contributed by atoms with Crippen LogP contribution in [0.5, 0.6) is 5.88 Å². The molecule has 1 aromatic heterocycles. The van der Waals surface area contributed by atoms with E-state index in [1.165, 1.54) is 5.56 Å². The van der Waals surface area contributed by atoms with Crippen LogP contribution in [-0.2, 0) is 13.5 Å². The van der Waals surface area contributed by atoms with Gasteiger partial charge in [-0.25, -0.2) is 0 Å². The second-order valence-electron chi connectivity index (χ2n) is 3.43. The lowest BCUT2D eigenvalue weighted by Crippen LogP contribution is -1.97. The zero-order valence-corrected chi connectivity index (χ0v) is 9.90. The SMILES string of the molecule is Cn1cc(O)nc1Cc1ccc(Br)cc1. The monoisotopic (exact) mass is 266 g/mol. The average Bonchev–Trinajstić information content (AvgIpc) is 2.49. The van der Waals surface area contributed by atoms with Crippen molar-refractivity contribution in [2.45, 2.75) is 6.42 Å². The van der Waals surface area contributed by atoms with Gasteiger partial charge in [0, 0.05) is 17.9 Å². The minimum absolute atomic E-state index is 0.0737. The molecule has 1 aromatic carbocycles. The largest absolute Gasteiger partial charge is 0.492 e. The van der Waals surface area contributed by atoms with E-state index in [9.17, 15) is 5.11 Å². The minimum Gasteiger partial charge on any atom is -0.492 e. The van der Waals surface area contributed by atoms with Crippen molar-refractivity contribution >= 4 is 15.9 Å². The van der Waals surface area contributed by atoms with Crippen molar-refractivity contribution in [3.63, 3.8) is 0 Å². The normalized spacial score (nSPS) is 10.5. The molecule has 0 fully saturated rings. The fourth-order valence-electron chi connectivity index (χ4n) is 1.44. The fraction of sp³-hybridized carbons (Fsp3) is 0.182. The predicted molar refractivity (Wildman–Crippen MR) is 61.8 cm³/mol. The van der Waals surface area contributed by atoms with E-state index in [2.05, 4.69) is 20.9 Å². The van der Waals surface area contributed by atoms with Gasteiger partial charge in [-0.2, -0.15) is 4.98 Å². The van der Waals surface area contributed by atoms with Gasteiger partial charge >= 0.3 is 0 Å². The maximum atomic E-state index is 9.22. The molecule has 2 rings (SSSR count). The molecule has 0 amide bonds. The molecule has 15 heavy (non-hydrogen) atoms. The minimum atomic E-state index is 0.0737. The summed E-state index contributed by atoms with van der Waals surface area (Å²) in [4.78, 5) is 4.03. The highest BCUT2D eigenvalue weighted by Crippen LogP contribution is 2.15. The van der Waals surface area contributed by atoms with E-state index in [0.29, 0.717) is 0 Å². The van der Waals surface area contributed by atoms with E-state index in [1.54, 1.807) is 6.20 Å². The van der Waals surface area contributed by atoms with Gasteiger partial charge in [0.2, 0.25) is 5.88 Å². The van der Waals surface area contributed by atoms with Crippen molar-refractivity contribution in [2.75, 3.05) is 0 Å². The Bertz CT molecular complexity index is 462. The van der Waals surface area contributed by atoms with Crippen molar-refractivity contribution in [3.05, 3.63) is 46.3 Å². The molecule has 3 nitrogen and oxygen atoms in total. The van der Waals surface area contributed by atoms with E-state index in [0.717, 1.165) is 16.7 Å². The van der Waals surface area contributed by atoms with Crippen LogP contribution in [-0.4, -0.2) is 14.7 Å². The number of hydrogen-bond acceptors (Lipinski definition) is 2. The Kier molecular flexibility index (Phi) is 2.77. The second-order valence-corrected chi connectivity index (χ2v) is 4.35. The highest BCUT2D eigenvalue weighted by molar-refractivity contribution is 9.10. The van der Waals surface area contributed by atoms with Crippen LogP contribution in [0.15, 0.2) is 34.9 Å². The summed E-state index contributed by atoms with van der Waals surface area (Å²) in [5.74, 6) is 0.930.